The number of hydrogen-bond donors (Lipinski definition) is 2. The molecule has 0 spiro atoms. The van der Waals surface area contributed by atoms with Gasteiger partial charge < -0.3 is 10.4 Å². The number of aliphatic hydroxyl groups excluding tert-OH is 1. The van der Waals surface area contributed by atoms with Crippen LogP contribution in [0.2, 0.25) is 0 Å². The molecule has 0 radical (unpaired) electrons. The van der Waals surface area contributed by atoms with E-state index in [1.54, 1.807) is 0 Å². The van der Waals surface area contributed by atoms with E-state index in [0.29, 0.717) is 6.42 Å². The molecule has 102 valence electrons. The van der Waals surface area contributed by atoms with Crippen molar-refractivity contribution in [1.29, 1.82) is 0 Å². The van der Waals surface area contributed by atoms with Gasteiger partial charge in [-0.2, -0.15) is 0 Å². The average molecular weight is 259 g/mol. The Bertz CT molecular complexity index is 466. The molecule has 0 aliphatic heterocycles. The molecule has 1 aromatic rings. The van der Waals surface area contributed by atoms with Crippen molar-refractivity contribution >= 4 is 5.91 Å². The summed E-state index contributed by atoms with van der Waals surface area (Å²) in [5.74, 6) is 0.272. The minimum absolute atomic E-state index is 0.125. The third kappa shape index (κ3) is 2.52. The van der Waals surface area contributed by atoms with E-state index in [1.165, 1.54) is 6.42 Å². The molecule has 0 heterocycles. The summed E-state index contributed by atoms with van der Waals surface area (Å²) in [5.41, 5.74) is 2.24. The van der Waals surface area contributed by atoms with Crippen molar-refractivity contribution in [3.8, 4) is 0 Å². The third-order valence-electron chi connectivity index (χ3n) is 4.48. The van der Waals surface area contributed by atoms with Gasteiger partial charge >= 0.3 is 0 Å². The van der Waals surface area contributed by atoms with Crippen LogP contribution in [0.1, 0.15) is 49.3 Å². The van der Waals surface area contributed by atoms with E-state index in [-0.39, 0.29) is 17.9 Å². The van der Waals surface area contributed by atoms with Crippen LogP contribution in [0.5, 0.6) is 0 Å². The van der Waals surface area contributed by atoms with Gasteiger partial charge in [0.1, 0.15) is 0 Å². The highest BCUT2D eigenvalue weighted by Crippen LogP contribution is 2.32. The molecule has 1 fully saturated rings. The maximum Gasteiger partial charge on any atom is 0.223 e. The minimum atomic E-state index is -0.482. The lowest BCUT2D eigenvalue weighted by Gasteiger charge is -2.24. The second-order valence-electron chi connectivity index (χ2n) is 5.79. The first-order valence-corrected chi connectivity index (χ1v) is 7.32. The Morgan fingerprint density at radius 1 is 1.16 bits per heavy atom. The zero-order valence-corrected chi connectivity index (χ0v) is 11.1. The number of hydrogen-bond acceptors (Lipinski definition) is 2. The van der Waals surface area contributed by atoms with Crippen molar-refractivity contribution in [3.63, 3.8) is 0 Å². The second kappa shape index (κ2) is 5.33. The topological polar surface area (TPSA) is 49.3 Å². The van der Waals surface area contributed by atoms with Crippen molar-refractivity contribution in [3.05, 3.63) is 35.4 Å². The van der Waals surface area contributed by atoms with Crippen LogP contribution in [0.15, 0.2) is 24.3 Å². The van der Waals surface area contributed by atoms with Crippen molar-refractivity contribution in [1.82, 2.24) is 5.32 Å². The summed E-state index contributed by atoms with van der Waals surface area (Å²) in [5, 5.41) is 13.2. The van der Waals surface area contributed by atoms with Crippen LogP contribution in [0.25, 0.3) is 0 Å². The zero-order chi connectivity index (χ0) is 13.2. The Labute approximate surface area is 114 Å². The monoisotopic (exact) mass is 259 g/mol. The lowest BCUT2D eigenvalue weighted by molar-refractivity contribution is -0.127. The van der Waals surface area contributed by atoms with Crippen LogP contribution in [0.3, 0.4) is 0 Å². The zero-order valence-electron chi connectivity index (χ0n) is 11.1. The number of nitrogens with one attached hydrogen (secondary N) is 1. The van der Waals surface area contributed by atoms with E-state index < -0.39 is 6.10 Å². The van der Waals surface area contributed by atoms with Crippen LogP contribution < -0.4 is 5.32 Å². The summed E-state index contributed by atoms with van der Waals surface area (Å²) in [6, 6.07) is 7.78. The molecule has 0 saturated heterocycles. The van der Waals surface area contributed by atoms with Crippen LogP contribution in [-0.4, -0.2) is 17.1 Å². The van der Waals surface area contributed by atoms with Gasteiger partial charge in [-0.3, -0.25) is 4.79 Å². The van der Waals surface area contributed by atoms with Crippen LogP contribution in [0, 0.1) is 5.92 Å². The summed E-state index contributed by atoms with van der Waals surface area (Å²) < 4.78 is 0. The van der Waals surface area contributed by atoms with Crippen LogP contribution in [-0.2, 0) is 11.2 Å². The molecule has 2 aliphatic carbocycles. The van der Waals surface area contributed by atoms with Gasteiger partial charge in [0.05, 0.1) is 12.1 Å². The first-order chi connectivity index (χ1) is 9.25. The van der Waals surface area contributed by atoms with E-state index in [9.17, 15) is 9.90 Å². The molecule has 3 rings (SSSR count). The molecule has 1 saturated carbocycles. The molecule has 2 unspecified atom stereocenters. The summed E-state index contributed by atoms with van der Waals surface area (Å²) in [6.07, 6.45) is 5.71. The van der Waals surface area contributed by atoms with Gasteiger partial charge in [0.25, 0.3) is 0 Å². The van der Waals surface area contributed by atoms with Crippen molar-refractivity contribution in [2.45, 2.75) is 50.7 Å². The number of rotatable bonds is 2. The first kappa shape index (κ1) is 12.7. The second-order valence-corrected chi connectivity index (χ2v) is 5.79. The number of benzene rings is 1. The fraction of sp³-hybridized carbons (Fsp3) is 0.562. The molecule has 3 heteroatoms. The van der Waals surface area contributed by atoms with Crippen molar-refractivity contribution < 1.29 is 9.90 Å². The van der Waals surface area contributed by atoms with Gasteiger partial charge in [-0.25, -0.2) is 0 Å². The van der Waals surface area contributed by atoms with E-state index >= 15 is 0 Å². The van der Waals surface area contributed by atoms with Gasteiger partial charge in [-0.15, -0.1) is 0 Å². The molecule has 3 nitrogen and oxygen atoms in total. The molecular formula is C16H21NO2. The molecule has 19 heavy (non-hydrogen) atoms. The highest BCUT2D eigenvalue weighted by Gasteiger charge is 2.33. The maximum absolute atomic E-state index is 12.3. The number of aliphatic hydroxyl groups is 1. The predicted molar refractivity (Wildman–Crippen MR) is 73.6 cm³/mol. The fourth-order valence-electron chi connectivity index (χ4n) is 3.38. The fourth-order valence-corrected chi connectivity index (χ4v) is 3.38. The number of carbonyl (C=O) groups excluding carboxylic acids is 1. The molecular weight excluding hydrogens is 238 g/mol. The van der Waals surface area contributed by atoms with Gasteiger partial charge in [-0.1, -0.05) is 43.5 Å². The van der Waals surface area contributed by atoms with Gasteiger partial charge in [-0.05, 0) is 24.0 Å². The van der Waals surface area contributed by atoms with Crippen molar-refractivity contribution in [2.24, 2.45) is 5.92 Å². The van der Waals surface area contributed by atoms with E-state index in [0.717, 1.165) is 36.8 Å². The molecule has 1 aromatic carbocycles. The van der Waals surface area contributed by atoms with E-state index in [1.807, 2.05) is 24.3 Å². The summed E-state index contributed by atoms with van der Waals surface area (Å²) in [6.45, 7) is 0. The Balaban J connectivity index is 1.71. The summed E-state index contributed by atoms with van der Waals surface area (Å²) in [4.78, 5) is 12.3. The Hall–Kier alpha value is -1.35. The quantitative estimate of drug-likeness (QED) is 0.856. The molecule has 0 bridgehead atoms. The molecule has 1 amide bonds. The molecule has 2 aliphatic rings. The average Bonchev–Trinajstić information content (AvgIpc) is 2.76. The number of fused-ring (bicyclic) bond motifs is 1. The van der Waals surface area contributed by atoms with E-state index in [2.05, 4.69) is 5.32 Å². The lowest BCUT2D eigenvalue weighted by atomic mass is 9.88. The van der Waals surface area contributed by atoms with Crippen LogP contribution >= 0.6 is 0 Å². The van der Waals surface area contributed by atoms with Crippen LogP contribution in [0.4, 0.5) is 0 Å². The minimum Gasteiger partial charge on any atom is -0.390 e. The Morgan fingerprint density at radius 3 is 2.68 bits per heavy atom. The molecule has 0 aromatic heterocycles. The number of carbonyl (C=O) groups is 1. The lowest BCUT2D eigenvalue weighted by Crippen LogP contribution is -2.38. The van der Waals surface area contributed by atoms with Gasteiger partial charge in [0.2, 0.25) is 5.91 Å². The smallest absolute Gasteiger partial charge is 0.223 e. The molecule has 2 N–H and O–H groups in total. The summed E-state index contributed by atoms with van der Waals surface area (Å²) in [7, 11) is 0. The standard InChI is InChI=1S/C16H21NO2/c18-14-10-12-8-4-5-9-13(12)15(14)17-16(19)11-6-2-1-3-7-11/h4-5,8-9,11,14-15,18H,1-3,6-7,10H2,(H,17,19). The normalized spacial score (nSPS) is 27.0. The maximum atomic E-state index is 12.3. The third-order valence-corrected chi connectivity index (χ3v) is 4.48. The molecule has 2 atom stereocenters. The first-order valence-electron chi connectivity index (χ1n) is 7.32. The Kier molecular flexibility index (Phi) is 3.56. The summed E-state index contributed by atoms with van der Waals surface area (Å²) >= 11 is 0. The largest absolute Gasteiger partial charge is 0.390 e. The number of amides is 1. The van der Waals surface area contributed by atoms with Gasteiger partial charge in [0, 0.05) is 12.3 Å². The highest BCUT2D eigenvalue weighted by atomic mass is 16.3. The Morgan fingerprint density at radius 2 is 1.89 bits per heavy atom. The predicted octanol–water partition coefficient (Wildman–Crippen LogP) is 2.34. The van der Waals surface area contributed by atoms with Crippen molar-refractivity contribution in [2.75, 3.05) is 0 Å². The van der Waals surface area contributed by atoms with E-state index in [4.69, 9.17) is 0 Å². The van der Waals surface area contributed by atoms with Gasteiger partial charge in [0.15, 0.2) is 0 Å². The highest BCUT2D eigenvalue weighted by molar-refractivity contribution is 5.79. The SMILES string of the molecule is O=C(NC1c2ccccc2CC1O)C1CCCCC1.